The first-order chi connectivity index (χ1) is 10.7. The van der Waals surface area contributed by atoms with Gasteiger partial charge in [0.25, 0.3) is 6.08 Å². The van der Waals surface area contributed by atoms with Crippen LogP contribution in [0.5, 0.6) is 0 Å². The van der Waals surface area contributed by atoms with Crippen LogP contribution in [0.15, 0.2) is 66.8 Å². The molecule has 0 heterocycles. The van der Waals surface area contributed by atoms with Crippen LogP contribution in [0.4, 0.5) is 8.78 Å². The molecule has 0 bridgehead atoms. The molecule has 0 aliphatic heterocycles. The Bertz CT molecular complexity index is 581. The van der Waals surface area contributed by atoms with Crippen LogP contribution in [0.1, 0.15) is 44.1 Å². The van der Waals surface area contributed by atoms with E-state index < -0.39 is 6.08 Å². The summed E-state index contributed by atoms with van der Waals surface area (Å²) in [4.78, 5) is 0. The van der Waals surface area contributed by atoms with Crippen molar-refractivity contribution in [2.75, 3.05) is 0 Å². The van der Waals surface area contributed by atoms with Gasteiger partial charge in [-0.2, -0.15) is 8.78 Å². The highest BCUT2D eigenvalue weighted by atomic mass is 19.3. The van der Waals surface area contributed by atoms with Gasteiger partial charge in [-0.05, 0) is 29.2 Å². The molecule has 0 fully saturated rings. The lowest BCUT2D eigenvalue weighted by molar-refractivity contribution is 0.412. The van der Waals surface area contributed by atoms with Gasteiger partial charge in [0.1, 0.15) is 0 Å². The maximum atomic E-state index is 12.7. The molecular formula is C20H22F2. The molecular weight excluding hydrogens is 278 g/mol. The molecule has 0 aromatic heterocycles. The Hall–Kier alpha value is -1.96. The van der Waals surface area contributed by atoms with Crippen LogP contribution in [0.25, 0.3) is 11.1 Å². The molecule has 1 atom stereocenters. The normalized spacial score (nSPS) is 12.0. The maximum Gasteiger partial charge on any atom is 0.266 e. The number of benzene rings is 2. The van der Waals surface area contributed by atoms with Crippen LogP contribution in [-0.2, 0) is 0 Å². The van der Waals surface area contributed by atoms with E-state index in [4.69, 9.17) is 0 Å². The Morgan fingerprint density at radius 2 is 1.55 bits per heavy atom. The van der Waals surface area contributed by atoms with Gasteiger partial charge in [0.2, 0.25) is 0 Å². The molecule has 0 saturated heterocycles. The molecule has 0 radical (unpaired) electrons. The molecule has 2 aromatic carbocycles. The third-order valence-electron chi connectivity index (χ3n) is 3.89. The van der Waals surface area contributed by atoms with Crippen LogP contribution >= 0.6 is 0 Å². The maximum absolute atomic E-state index is 12.7. The van der Waals surface area contributed by atoms with Crippen molar-refractivity contribution in [1.82, 2.24) is 0 Å². The van der Waals surface area contributed by atoms with Gasteiger partial charge >= 0.3 is 0 Å². The van der Waals surface area contributed by atoms with Crippen LogP contribution < -0.4 is 0 Å². The van der Waals surface area contributed by atoms with E-state index in [1.54, 1.807) is 0 Å². The Labute approximate surface area is 131 Å². The van der Waals surface area contributed by atoms with Crippen LogP contribution in [0.3, 0.4) is 0 Å². The summed E-state index contributed by atoms with van der Waals surface area (Å²) in [7, 11) is 0. The van der Waals surface area contributed by atoms with Gasteiger partial charge in [0, 0.05) is 5.92 Å². The van der Waals surface area contributed by atoms with Crippen molar-refractivity contribution in [2.45, 2.75) is 38.5 Å². The van der Waals surface area contributed by atoms with Crippen molar-refractivity contribution in [3.63, 3.8) is 0 Å². The molecule has 2 rings (SSSR count). The van der Waals surface area contributed by atoms with Crippen molar-refractivity contribution in [3.8, 4) is 11.1 Å². The quantitative estimate of drug-likeness (QED) is 0.493. The smallest absolute Gasteiger partial charge is 0.174 e. The minimum Gasteiger partial charge on any atom is -0.174 e. The lowest BCUT2D eigenvalue weighted by atomic mass is 9.91. The number of unbranched alkanes of at least 4 members (excludes halogenated alkanes) is 2. The minimum absolute atomic E-state index is 0.193. The van der Waals surface area contributed by atoms with Crippen LogP contribution in [-0.4, -0.2) is 0 Å². The van der Waals surface area contributed by atoms with Crippen LogP contribution in [0.2, 0.25) is 0 Å². The fourth-order valence-corrected chi connectivity index (χ4v) is 2.67. The lowest BCUT2D eigenvalue weighted by Crippen LogP contribution is -1.96. The fourth-order valence-electron chi connectivity index (χ4n) is 2.67. The predicted molar refractivity (Wildman–Crippen MR) is 89.1 cm³/mol. The fraction of sp³-hybridized carbons (Fsp3) is 0.300. The van der Waals surface area contributed by atoms with Crippen molar-refractivity contribution < 1.29 is 8.78 Å². The summed E-state index contributed by atoms with van der Waals surface area (Å²) in [6.45, 7) is 2.12. The number of rotatable bonds is 7. The third kappa shape index (κ3) is 4.80. The zero-order valence-corrected chi connectivity index (χ0v) is 12.9. The predicted octanol–water partition coefficient (Wildman–Crippen LogP) is 6.80. The lowest BCUT2D eigenvalue weighted by Gasteiger charge is -2.13. The van der Waals surface area contributed by atoms with Crippen molar-refractivity contribution in [1.29, 1.82) is 0 Å². The average molecular weight is 300 g/mol. The highest BCUT2D eigenvalue weighted by Crippen LogP contribution is 2.28. The Balaban J connectivity index is 2.16. The van der Waals surface area contributed by atoms with E-state index in [0.717, 1.165) is 48.4 Å². The van der Waals surface area contributed by atoms with E-state index in [9.17, 15) is 8.78 Å². The second kappa shape index (κ2) is 8.47. The summed E-state index contributed by atoms with van der Waals surface area (Å²) in [5.74, 6) is -0.193. The van der Waals surface area contributed by atoms with E-state index >= 15 is 0 Å². The van der Waals surface area contributed by atoms with E-state index in [1.165, 1.54) is 0 Å². The monoisotopic (exact) mass is 300 g/mol. The third-order valence-corrected chi connectivity index (χ3v) is 3.89. The molecule has 2 heteroatoms. The molecule has 0 spiro atoms. The summed E-state index contributed by atoms with van der Waals surface area (Å²) >= 11 is 0. The van der Waals surface area contributed by atoms with Gasteiger partial charge in [-0.3, -0.25) is 0 Å². The van der Waals surface area contributed by atoms with Crippen LogP contribution in [0, 0.1) is 0 Å². The van der Waals surface area contributed by atoms with Crippen molar-refractivity contribution in [2.24, 2.45) is 0 Å². The molecule has 116 valence electrons. The zero-order valence-electron chi connectivity index (χ0n) is 12.9. The first-order valence-corrected chi connectivity index (χ1v) is 7.89. The Morgan fingerprint density at radius 3 is 2.14 bits per heavy atom. The number of halogens is 2. The first-order valence-electron chi connectivity index (χ1n) is 7.89. The van der Waals surface area contributed by atoms with E-state index in [0.29, 0.717) is 0 Å². The molecule has 0 aliphatic rings. The first kappa shape index (κ1) is 16.4. The van der Waals surface area contributed by atoms with Gasteiger partial charge in [-0.25, -0.2) is 0 Å². The second-order valence-corrected chi connectivity index (χ2v) is 5.55. The van der Waals surface area contributed by atoms with E-state index in [2.05, 4.69) is 19.1 Å². The topological polar surface area (TPSA) is 0 Å². The summed E-state index contributed by atoms with van der Waals surface area (Å²) in [6.07, 6.45) is 3.43. The molecule has 0 aliphatic carbocycles. The number of hydrogen-bond donors (Lipinski definition) is 0. The van der Waals surface area contributed by atoms with E-state index in [-0.39, 0.29) is 5.92 Å². The van der Waals surface area contributed by atoms with Gasteiger partial charge in [-0.15, -0.1) is 0 Å². The second-order valence-electron chi connectivity index (χ2n) is 5.55. The molecule has 0 N–H and O–H groups in total. The van der Waals surface area contributed by atoms with Crippen molar-refractivity contribution in [3.05, 3.63) is 72.3 Å². The van der Waals surface area contributed by atoms with Gasteiger partial charge in [-0.1, -0.05) is 80.8 Å². The average Bonchev–Trinajstić information content (AvgIpc) is 2.55. The Kier molecular flexibility index (Phi) is 6.32. The minimum atomic E-state index is -1.59. The molecule has 0 nitrogen and oxygen atoms in total. The van der Waals surface area contributed by atoms with E-state index in [1.807, 2.05) is 42.5 Å². The molecule has 0 amide bonds. The molecule has 22 heavy (non-hydrogen) atoms. The highest BCUT2D eigenvalue weighted by Gasteiger charge is 2.11. The summed E-state index contributed by atoms with van der Waals surface area (Å²) in [6, 6.07) is 18.1. The van der Waals surface area contributed by atoms with Gasteiger partial charge in [0.15, 0.2) is 0 Å². The summed E-state index contributed by atoms with van der Waals surface area (Å²) in [5, 5.41) is 0. The Morgan fingerprint density at radius 1 is 0.909 bits per heavy atom. The highest BCUT2D eigenvalue weighted by molar-refractivity contribution is 5.63. The summed E-state index contributed by atoms with van der Waals surface area (Å²) in [5.41, 5.74) is 3.22. The molecule has 2 aromatic rings. The summed E-state index contributed by atoms with van der Waals surface area (Å²) < 4.78 is 25.4. The SMILES string of the molecule is CCCCC[C@H](C=C(F)F)c1ccc(-c2ccccc2)cc1. The van der Waals surface area contributed by atoms with Gasteiger partial charge in [0.05, 0.1) is 0 Å². The standard InChI is InChI=1S/C20H22F2/c1-2-3-5-10-19(15-20(21)22)18-13-11-17(12-14-18)16-8-6-4-7-9-16/h4,6-9,11-15,19H,2-3,5,10H2,1H3/t19-/m1/s1. The molecule has 0 unspecified atom stereocenters. The largest absolute Gasteiger partial charge is 0.266 e. The molecule has 0 saturated carbocycles. The number of hydrogen-bond acceptors (Lipinski definition) is 0. The van der Waals surface area contributed by atoms with Crippen molar-refractivity contribution >= 4 is 0 Å². The zero-order chi connectivity index (χ0) is 15.8. The number of allylic oxidation sites excluding steroid dienone is 1. The van der Waals surface area contributed by atoms with Gasteiger partial charge < -0.3 is 0 Å².